The number of hydrogen-bond acceptors (Lipinski definition) is 5. The first-order valence-electron chi connectivity index (χ1n) is 7.81. The molecule has 0 spiro atoms. The Kier molecular flexibility index (Phi) is 5.89. The second-order valence-corrected chi connectivity index (χ2v) is 5.53. The van der Waals surface area contributed by atoms with E-state index in [1.54, 1.807) is 12.1 Å². The van der Waals surface area contributed by atoms with Crippen LogP contribution in [0.5, 0.6) is 0 Å². The molecule has 1 heterocycles. The van der Waals surface area contributed by atoms with E-state index in [0.29, 0.717) is 17.2 Å². The number of fused-ring (bicyclic) bond motifs is 1. The zero-order valence-electron chi connectivity index (χ0n) is 13.9. The molecule has 0 saturated carbocycles. The quantitative estimate of drug-likeness (QED) is 0.840. The lowest BCUT2D eigenvalue weighted by Gasteiger charge is -2.28. The molecule has 1 unspecified atom stereocenters. The van der Waals surface area contributed by atoms with E-state index in [0.717, 1.165) is 24.1 Å². The molecule has 1 aliphatic heterocycles. The fourth-order valence-corrected chi connectivity index (χ4v) is 2.50. The molecule has 0 fully saturated rings. The third-order valence-electron chi connectivity index (χ3n) is 3.81. The number of ether oxygens (including phenoxy) is 1. The fourth-order valence-electron chi connectivity index (χ4n) is 2.50. The number of halogens is 3. The van der Waals surface area contributed by atoms with Crippen molar-refractivity contribution in [3.8, 4) is 0 Å². The molecule has 1 aliphatic rings. The van der Waals surface area contributed by atoms with Crippen molar-refractivity contribution in [3.63, 3.8) is 0 Å². The number of carbonyl (C=O) groups is 2. The Morgan fingerprint density at radius 1 is 1.32 bits per heavy atom. The molecule has 0 radical (unpaired) electrons. The summed E-state index contributed by atoms with van der Waals surface area (Å²) in [5.74, 6) is -2.48. The zero-order valence-corrected chi connectivity index (χ0v) is 13.9. The normalized spacial score (nSPS) is 15.1. The van der Waals surface area contributed by atoms with E-state index in [1.165, 1.54) is 13.8 Å². The van der Waals surface area contributed by atoms with Gasteiger partial charge in [0, 0.05) is 6.54 Å². The number of rotatable bonds is 3. The van der Waals surface area contributed by atoms with Crippen molar-refractivity contribution >= 4 is 12.1 Å². The second-order valence-electron chi connectivity index (χ2n) is 5.53. The Hall–Kier alpha value is -2.29. The number of hydroxylamine groups is 2. The molecule has 25 heavy (non-hydrogen) atoms. The van der Waals surface area contributed by atoms with E-state index < -0.39 is 24.3 Å². The number of benzene rings is 1. The molecule has 1 N–H and O–H groups in total. The third kappa shape index (κ3) is 4.62. The monoisotopic (exact) mass is 360 g/mol. The maximum Gasteiger partial charge on any atom is 0.493 e. The van der Waals surface area contributed by atoms with Crippen LogP contribution in [0.1, 0.15) is 36.6 Å². The molecular formula is C16H19F3N2O4. The Balaban J connectivity index is 2.26. The highest BCUT2D eigenvalue weighted by atomic mass is 19.4. The second kappa shape index (κ2) is 7.73. The fraction of sp³-hybridized carbons (Fsp3) is 0.500. The summed E-state index contributed by atoms with van der Waals surface area (Å²) >= 11 is 0. The lowest BCUT2D eigenvalue weighted by atomic mass is 9.96. The maximum atomic E-state index is 12.5. The molecular weight excluding hydrogens is 341 g/mol. The molecule has 0 bridgehead atoms. The number of hydrogen-bond donors (Lipinski definition) is 1. The molecule has 2 rings (SSSR count). The van der Waals surface area contributed by atoms with Gasteiger partial charge in [-0.1, -0.05) is 18.2 Å². The summed E-state index contributed by atoms with van der Waals surface area (Å²) in [4.78, 5) is 27.4. The highest BCUT2D eigenvalue weighted by Gasteiger charge is 2.44. The minimum atomic E-state index is -5.22. The van der Waals surface area contributed by atoms with E-state index in [9.17, 15) is 22.8 Å². The van der Waals surface area contributed by atoms with Crippen LogP contribution in [-0.2, 0) is 27.3 Å². The van der Waals surface area contributed by atoms with Crippen LogP contribution in [0.25, 0.3) is 0 Å². The van der Waals surface area contributed by atoms with Gasteiger partial charge in [-0.15, -0.1) is 5.06 Å². The van der Waals surface area contributed by atoms with Crippen molar-refractivity contribution in [2.45, 2.75) is 39.0 Å². The topological polar surface area (TPSA) is 67.9 Å². The van der Waals surface area contributed by atoms with E-state index in [-0.39, 0.29) is 6.61 Å². The number of alkyl halides is 3. The minimum Gasteiger partial charge on any atom is -0.448 e. The number of amides is 1. The Morgan fingerprint density at radius 2 is 2.04 bits per heavy atom. The lowest BCUT2D eigenvalue weighted by Crippen LogP contribution is -2.40. The third-order valence-corrected chi connectivity index (χ3v) is 3.81. The Labute approximate surface area is 142 Å². The first-order valence-corrected chi connectivity index (χ1v) is 7.81. The summed E-state index contributed by atoms with van der Waals surface area (Å²) in [6.45, 7) is 4.38. The zero-order chi connectivity index (χ0) is 18.6. The first kappa shape index (κ1) is 19.0. The van der Waals surface area contributed by atoms with Gasteiger partial charge in [-0.3, -0.25) is 0 Å². The number of nitrogens with zero attached hydrogens (tertiary/aromatic N) is 1. The first-order chi connectivity index (χ1) is 11.7. The molecule has 0 saturated heterocycles. The van der Waals surface area contributed by atoms with Crippen LogP contribution in [0, 0.1) is 0 Å². The maximum absolute atomic E-state index is 12.5. The van der Waals surface area contributed by atoms with Gasteiger partial charge >= 0.3 is 18.2 Å². The molecule has 1 atom stereocenters. The van der Waals surface area contributed by atoms with Gasteiger partial charge in [0.15, 0.2) is 0 Å². The number of nitrogens with one attached hydrogen (secondary N) is 1. The average Bonchev–Trinajstić information content (AvgIpc) is 2.57. The van der Waals surface area contributed by atoms with Crippen LogP contribution >= 0.6 is 0 Å². The van der Waals surface area contributed by atoms with E-state index in [2.05, 4.69) is 10.2 Å². The van der Waals surface area contributed by atoms with Gasteiger partial charge in [0.1, 0.15) is 0 Å². The summed E-state index contributed by atoms with van der Waals surface area (Å²) in [5.41, 5.74) is 2.66. The van der Waals surface area contributed by atoms with E-state index in [4.69, 9.17) is 4.74 Å². The van der Waals surface area contributed by atoms with Crippen LogP contribution in [-0.4, -0.2) is 36.5 Å². The van der Waals surface area contributed by atoms with Gasteiger partial charge in [0.2, 0.25) is 0 Å². The van der Waals surface area contributed by atoms with Gasteiger partial charge in [0.25, 0.3) is 0 Å². The summed E-state index contributed by atoms with van der Waals surface area (Å²) in [7, 11) is 0. The summed E-state index contributed by atoms with van der Waals surface area (Å²) in [5, 5.41) is 3.53. The molecule has 1 aromatic carbocycles. The predicted molar refractivity (Wildman–Crippen MR) is 81.3 cm³/mol. The van der Waals surface area contributed by atoms with Crippen LogP contribution in [0.4, 0.5) is 18.0 Å². The van der Waals surface area contributed by atoms with Gasteiger partial charge in [-0.25, -0.2) is 9.59 Å². The molecule has 0 aliphatic carbocycles. The summed E-state index contributed by atoms with van der Waals surface area (Å²) < 4.78 is 42.2. The van der Waals surface area contributed by atoms with Crippen molar-refractivity contribution in [2.24, 2.45) is 0 Å². The van der Waals surface area contributed by atoms with Crippen LogP contribution in [0.15, 0.2) is 18.2 Å². The van der Waals surface area contributed by atoms with Gasteiger partial charge < -0.3 is 14.9 Å². The van der Waals surface area contributed by atoms with Crippen molar-refractivity contribution in [2.75, 3.05) is 13.2 Å². The number of carbonyl (C=O) groups excluding carboxylic acids is 2. The SMILES string of the molecule is CCOC(=O)N(OC(=O)C(F)(F)F)C(C)c1ccc2c(c1)CCNC2. The van der Waals surface area contributed by atoms with Crippen molar-refractivity contribution < 1.29 is 32.3 Å². The van der Waals surface area contributed by atoms with Crippen molar-refractivity contribution in [1.82, 2.24) is 10.4 Å². The minimum absolute atomic E-state index is 0.0680. The molecule has 1 amide bonds. The van der Waals surface area contributed by atoms with Crippen molar-refractivity contribution in [3.05, 3.63) is 34.9 Å². The molecule has 138 valence electrons. The van der Waals surface area contributed by atoms with Gasteiger partial charge in [-0.2, -0.15) is 13.2 Å². The van der Waals surface area contributed by atoms with E-state index in [1.807, 2.05) is 6.07 Å². The van der Waals surface area contributed by atoms with Crippen molar-refractivity contribution in [1.29, 1.82) is 0 Å². The standard InChI is InChI=1S/C16H19F3N2O4/c1-3-24-15(23)21(25-14(22)16(17,18)19)10(2)11-4-5-13-9-20-7-6-12(13)8-11/h4-5,8,10,20H,3,6-7,9H2,1-2H3. The average molecular weight is 360 g/mol. The lowest BCUT2D eigenvalue weighted by molar-refractivity contribution is -0.237. The van der Waals surface area contributed by atoms with Crippen LogP contribution in [0.3, 0.4) is 0 Å². The molecule has 1 aromatic rings. The molecule has 0 aromatic heterocycles. The van der Waals surface area contributed by atoms with Crippen LogP contribution in [0.2, 0.25) is 0 Å². The highest BCUT2D eigenvalue weighted by molar-refractivity contribution is 5.77. The smallest absolute Gasteiger partial charge is 0.448 e. The van der Waals surface area contributed by atoms with Crippen LogP contribution < -0.4 is 5.32 Å². The van der Waals surface area contributed by atoms with Gasteiger partial charge in [0.05, 0.1) is 12.6 Å². The highest BCUT2D eigenvalue weighted by Crippen LogP contribution is 2.27. The Bertz CT molecular complexity index is 649. The van der Waals surface area contributed by atoms with E-state index >= 15 is 0 Å². The molecule has 9 heteroatoms. The van der Waals surface area contributed by atoms with Gasteiger partial charge in [-0.05, 0) is 43.5 Å². The summed E-state index contributed by atoms with van der Waals surface area (Å²) in [6, 6.07) is 4.38. The predicted octanol–water partition coefficient (Wildman–Crippen LogP) is 2.87. The largest absolute Gasteiger partial charge is 0.493 e. The molecule has 6 nitrogen and oxygen atoms in total. The Morgan fingerprint density at radius 3 is 2.68 bits per heavy atom. The summed E-state index contributed by atoms with van der Waals surface area (Å²) in [6.07, 6.45) is -5.61.